The van der Waals surface area contributed by atoms with Crippen molar-refractivity contribution in [1.82, 2.24) is 5.32 Å². The second-order valence-corrected chi connectivity index (χ2v) is 6.38. The van der Waals surface area contributed by atoms with Crippen molar-refractivity contribution >= 4 is 12.1 Å². The van der Waals surface area contributed by atoms with Gasteiger partial charge in [0.15, 0.2) is 0 Å². The average molecular weight is 378 g/mol. The number of carbonyl (C=O) groups excluding carboxylic acids is 1. The Morgan fingerprint density at radius 1 is 1.36 bits per heavy atom. The zero-order valence-electron chi connectivity index (χ0n) is 17.5. The zero-order valence-corrected chi connectivity index (χ0v) is 17.5. The lowest BCUT2D eigenvalue weighted by molar-refractivity contribution is -0.117. The van der Waals surface area contributed by atoms with Gasteiger partial charge in [-0.1, -0.05) is 55.7 Å². The Kier molecular flexibility index (Phi) is 10.1. The van der Waals surface area contributed by atoms with Gasteiger partial charge in [0, 0.05) is 17.9 Å². The molecule has 0 saturated heterocycles. The number of nitrogens with two attached hydrogens (primary N) is 1. The standard InChI is InChI=1S/C24H31N3O/c1-6-9-11-17-21(23(25)26-8-3)22(15-10-7-2)24(28)27-19(5)20-16-13-12-14-18(20)4/h8,11-17,19H,6,9,25H2,1-5H3,(H,27,28)/b17-11+,22-15-,23-21+,26-8?. The lowest BCUT2D eigenvalue weighted by Gasteiger charge is -2.18. The van der Waals surface area contributed by atoms with Gasteiger partial charge in [-0.15, -0.1) is 5.92 Å². The van der Waals surface area contributed by atoms with Gasteiger partial charge < -0.3 is 11.1 Å². The highest BCUT2D eigenvalue weighted by Gasteiger charge is 2.19. The summed E-state index contributed by atoms with van der Waals surface area (Å²) in [5.41, 5.74) is 9.33. The molecule has 1 atom stereocenters. The fourth-order valence-corrected chi connectivity index (χ4v) is 2.72. The third kappa shape index (κ3) is 6.92. The SMILES string of the molecule is CC#C/C=C(C(=O)NC(C)c1ccccc1C)/C(/C=C/CCC)=C(\N)N=CC. The van der Waals surface area contributed by atoms with E-state index in [0.717, 1.165) is 24.0 Å². The van der Waals surface area contributed by atoms with E-state index in [1.165, 1.54) is 0 Å². The lowest BCUT2D eigenvalue weighted by Crippen LogP contribution is -2.29. The summed E-state index contributed by atoms with van der Waals surface area (Å²) in [6, 6.07) is 7.85. The number of aliphatic imine (C=N–C) groups is 1. The smallest absolute Gasteiger partial charge is 0.253 e. The first-order chi connectivity index (χ1) is 13.5. The van der Waals surface area contributed by atoms with Crippen molar-refractivity contribution in [1.29, 1.82) is 0 Å². The molecule has 4 nitrogen and oxygen atoms in total. The first kappa shape index (κ1) is 23.0. The fraction of sp³-hybridized carbons (Fsp3) is 0.333. The molecule has 0 aliphatic heterocycles. The summed E-state index contributed by atoms with van der Waals surface area (Å²) in [6.07, 6.45) is 8.96. The highest BCUT2D eigenvalue weighted by atomic mass is 16.1. The maximum atomic E-state index is 13.1. The molecular weight excluding hydrogens is 346 g/mol. The normalized spacial score (nSPS) is 13.8. The van der Waals surface area contributed by atoms with E-state index >= 15 is 0 Å². The van der Waals surface area contributed by atoms with E-state index in [-0.39, 0.29) is 17.8 Å². The minimum Gasteiger partial charge on any atom is -0.383 e. The first-order valence-corrected chi connectivity index (χ1v) is 9.60. The van der Waals surface area contributed by atoms with E-state index in [4.69, 9.17) is 5.73 Å². The number of allylic oxidation sites excluding steroid dienone is 3. The molecule has 3 N–H and O–H groups in total. The third-order valence-corrected chi connectivity index (χ3v) is 4.18. The van der Waals surface area contributed by atoms with Crippen LogP contribution in [0.25, 0.3) is 0 Å². The molecular formula is C24H31N3O. The number of aryl methyl sites for hydroxylation is 1. The number of carbonyl (C=O) groups is 1. The van der Waals surface area contributed by atoms with Crippen molar-refractivity contribution in [2.45, 2.75) is 53.5 Å². The van der Waals surface area contributed by atoms with Gasteiger partial charge in [-0.05, 0) is 45.2 Å². The fourth-order valence-electron chi connectivity index (χ4n) is 2.72. The molecule has 148 valence electrons. The van der Waals surface area contributed by atoms with Crippen molar-refractivity contribution in [2.75, 3.05) is 0 Å². The van der Waals surface area contributed by atoms with Gasteiger partial charge in [0.1, 0.15) is 5.82 Å². The number of unbranched alkanes of at least 4 members (excludes halogenated alkanes) is 1. The molecule has 0 aliphatic rings. The molecule has 0 bridgehead atoms. The second kappa shape index (κ2) is 12.3. The minimum atomic E-state index is -0.232. The topological polar surface area (TPSA) is 67.5 Å². The summed E-state index contributed by atoms with van der Waals surface area (Å²) in [5.74, 6) is 5.74. The highest BCUT2D eigenvalue weighted by Crippen LogP contribution is 2.20. The number of benzene rings is 1. The number of hydrogen-bond donors (Lipinski definition) is 2. The Bertz CT molecular complexity index is 848. The monoisotopic (exact) mass is 377 g/mol. The predicted octanol–water partition coefficient (Wildman–Crippen LogP) is 4.74. The number of hydrogen-bond acceptors (Lipinski definition) is 3. The van der Waals surface area contributed by atoms with Crippen LogP contribution in [0.4, 0.5) is 0 Å². The molecule has 4 heteroatoms. The molecule has 1 aromatic rings. The maximum absolute atomic E-state index is 13.1. The van der Waals surface area contributed by atoms with Crippen LogP contribution in [0.3, 0.4) is 0 Å². The first-order valence-electron chi connectivity index (χ1n) is 9.60. The zero-order chi connectivity index (χ0) is 20.9. The Morgan fingerprint density at radius 3 is 2.68 bits per heavy atom. The molecule has 0 spiro atoms. The van der Waals surface area contributed by atoms with Crippen molar-refractivity contribution in [3.8, 4) is 11.8 Å². The van der Waals surface area contributed by atoms with Crippen LogP contribution >= 0.6 is 0 Å². The van der Waals surface area contributed by atoms with E-state index in [1.54, 1.807) is 26.1 Å². The van der Waals surface area contributed by atoms with Crippen molar-refractivity contribution < 1.29 is 4.79 Å². The van der Waals surface area contributed by atoms with Gasteiger partial charge in [0.25, 0.3) is 5.91 Å². The van der Waals surface area contributed by atoms with Crippen LogP contribution in [-0.4, -0.2) is 12.1 Å². The lowest BCUT2D eigenvalue weighted by atomic mass is 10.00. The number of nitrogens with one attached hydrogen (secondary N) is 1. The molecule has 0 fully saturated rings. The van der Waals surface area contributed by atoms with Crippen LogP contribution in [-0.2, 0) is 4.79 Å². The van der Waals surface area contributed by atoms with E-state index in [9.17, 15) is 4.79 Å². The van der Waals surface area contributed by atoms with Gasteiger partial charge in [-0.2, -0.15) is 0 Å². The van der Waals surface area contributed by atoms with Gasteiger partial charge in [0.05, 0.1) is 11.6 Å². The molecule has 1 aromatic carbocycles. The van der Waals surface area contributed by atoms with Crippen LogP contribution in [0.5, 0.6) is 0 Å². The van der Waals surface area contributed by atoms with E-state index in [2.05, 4.69) is 29.1 Å². The van der Waals surface area contributed by atoms with Crippen molar-refractivity contribution in [3.63, 3.8) is 0 Å². The van der Waals surface area contributed by atoms with Crippen LogP contribution in [0.1, 0.15) is 57.7 Å². The largest absolute Gasteiger partial charge is 0.383 e. The Hall–Kier alpha value is -3.06. The highest BCUT2D eigenvalue weighted by molar-refractivity contribution is 5.99. The van der Waals surface area contributed by atoms with E-state index < -0.39 is 0 Å². The average Bonchev–Trinajstić information content (AvgIpc) is 2.67. The van der Waals surface area contributed by atoms with Gasteiger partial charge in [-0.25, -0.2) is 4.99 Å². The van der Waals surface area contributed by atoms with Crippen LogP contribution < -0.4 is 11.1 Å². The number of amides is 1. The maximum Gasteiger partial charge on any atom is 0.253 e. The van der Waals surface area contributed by atoms with E-state index in [1.807, 2.05) is 50.3 Å². The van der Waals surface area contributed by atoms with E-state index in [0.29, 0.717) is 11.1 Å². The van der Waals surface area contributed by atoms with Crippen LogP contribution in [0, 0.1) is 18.8 Å². The predicted molar refractivity (Wildman–Crippen MR) is 119 cm³/mol. The summed E-state index contributed by atoms with van der Waals surface area (Å²) in [6.45, 7) is 9.61. The summed E-state index contributed by atoms with van der Waals surface area (Å²) in [7, 11) is 0. The molecule has 1 amide bonds. The quantitative estimate of drug-likeness (QED) is 0.297. The van der Waals surface area contributed by atoms with Gasteiger partial charge >= 0.3 is 0 Å². The summed E-state index contributed by atoms with van der Waals surface area (Å²) >= 11 is 0. The molecule has 0 aliphatic carbocycles. The summed E-state index contributed by atoms with van der Waals surface area (Å²) < 4.78 is 0. The number of rotatable bonds is 8. The third-order valence-electron chi connectivity index (χ3n) is 4.18. The molecule has 0 saturated carbocycles. The minimum absolute atomic E-state index is 0.150. The van der Waals surface area contributed by atoms with Crippen LogP contribution in [0.2, 0.25) is 0 Å². The van der Waals surface area contributed by atoms with Crippen molar-refractivity contribution in [3.05, 3.63) is 70.6 Å². The number of nitrogens with zero attached hydrogens (tertiary/aromatic N) is 1. The molecule has 0 heterocycles. The molecule has 1 rings (SSSR count). The van der Waals surface area contributed by atoms with Gasteiger partial charge in [-0.3, -0.25) is 4.79 Å². The van der Waals surface area contributed by atoms with Crippen molar-refractivity contribution in [2.24, 2.45) is 10.7 Å². The summed E-state index contributed by atoms with van der Waals surface area (Å²) in [4.78, 5) is 17.3. The Balaban J connectivity index is 3.30. The summed E-state index contributed by atoms with van der Waals surface area (Å²) in [5, 5.41) is 3.06. The second-order valence-electron chi connectivity index (χ2n) is 6.38. The van der Waals surface area contributed by atoms with Gasteiger partial charge in [0.2, 0.25) is 0 Å². The molecule has 0 aromatic heterocycles. The van der Waals surface area contributed by atoms with Crippen LogP contribution in [0.15, 0.2) is 64.5 Å². The molecule has 0 radical (unpaired) electrons. The Labute approximate surface area is 169 Å². The Morgan fingerprint density at radius 2 is 2.07 bits per heavy atom. The molecule has 1 unspecified atom stereocenters. The molecule has 28 heavy (non-hydrogen) atoms.